The van der Waals surface area contributed by atoms with Crippen molar-refractivity contribution in [2.45, 2.75) is 18.9 Å². The van der Waals surface area contributed by atoms with Crippen LogP contribution in [0, 0.1) is 0 Å². The van der Waals surface area contributed by atoms with Crippen molar-refractivity contribution in [2.24, 2.45) is 0 Å². The molecule has 5 heteroatoms. The number of hydrogen-bond donors (Lipinski definition) is 2. The highest BCUT2D eigenvalue weighted by molar-refractivity contribution is 6.32. The SMILES string of the molecule is O=C(NC1CCNCC1)Oc1ccccc1Cl. The molecule has 1 aliphatic heterocycles. The van der Waals surface area contributed by atoms with E-state index in [9.17, 15) is 4.79 Å². The fourth-order valence-electron chi connectivity index (χ4n) is 1.79. The Morgan fingerprint density at radius 1 is 1.35 bits per heavy atom. The Kier molecular flexibility index (Phi) is 4.23. The van der Waals surface area contributed by atoms with Crippen LogP contribution in [0.5, 0.6) is 5.75 Å². The van der Waals surface area contributed by atoms with Crippen molar-refractivity contribution in [1.29, 1.82) is 0 Å². The fourth-order valence-corrected chi connectivity index (χ4v) is 1.96. The summed E-state index contributed by atoms with van der Waals surface area (Å²) in [5.41, 5.74) is 0. The maximum absolute atomic E-state index is 11.6. The molecule has 0 saturated carbocycles. The van der Waals surface area contributed by atoms with Gasteiger partial charge in [-0.1, -0.05) is 23.7 Å². The Bertz CT molecular complexity index is 392. The van der Waals surface area contributed by atoms with E-state index in [4.69, 9.17) is 16.3 Å². The lowest BCUT2D eigenvalue weighted by Crippen LogP contribution is -2.43. The van der Waals surface area contributed by atoms with Crippen LogP contribution >= 0.6 is 11.6 Å². The van der Waals surface area contributed by atoms with E-state index in [2.05, 4.69) is 10.6 Å². The van der Waals surface area contributed by atoms with Crippen LogP contribution in [0.2, 0.25) is 5.02 Å². The van der Waals surface area contributed by atoms with E-state index in [1.54, 1.807) is 24.3 Å². The summed E-state index contributed by atoms with van der Waals surface area (Å²) in [6.45, 7) is 1.86. The number of halogens is 1. The van der Waals surface area contributed by atoms with E-state index >= 15 is 0 Å². The first-order chi connectivity index (χ1) is 8.25. The van der Waals surface area contributed by atoms with Gasteiger partial charge in [0.25, 0.3) is 0 Å². The number of ether oxygens (including phenoxy) is 1. The van der Waals surface area contributed by atoms with Crippen molar-refractivity contribution in [3.05, 3.63) is 29.3 Å². The summed E-state index contributed by atoms with van der Waals surface area (Å²) < 4.78 is 5.15. The number of nitrogens with one attached hydrogen (secondary N) is 2. The van der Waals surface area contributed by atoms with Gasteiger partial charge in [-0.05, 0) is 38.1 Å². The molecular weight excluding hydrogens is 240 g/mol. The molecule has 4 nitrogen and oxygen atoms in total. The van der Waals surface area contributed by atoms with Gasteiger partial charge in [-0.2, -0.15) is 0 Å². The Hall–Kier alpha value is -1.26. The van der Waals surface area contributed by atoms with Gasteiger partial charge < -0.3 is 15.4 Å². The van der Waals surface area contributed by atoms with Gasteiger partial charge in [0.15, 0.2) is 5.75 Å². The monoisotopic (exact) mass is 254 g/mol. The molecular formula is C12H15ClN2O2. The summed E-state index contributed by atoms with van der Waals surface area (Å²) in [5.74, 6) is 0.389. The Morgan fingerprint density at radius 2 is 2.06 bits per heavy atom. The number of piperidine rings is 1. The predicted molar refractivity (Wildman–Crippen MR) is 66.5 cm³/mol. The second kappa shape index (κ2) is 5.89. The normalized spacial score (nSPS) is 16.5. The first-order valence-corrected chi connectivity index (χ1v) is 6.07. The third-order valence-electron chi connectivity index (χ3n) is 2.70. The number of benzene rings is 1. The van der Waals surface area contributed by atoms with Gasteiger partial charge in [-0.15, -0.1) is 0 Å². The predicted octanol–water partition coefficient (Wildman–Crippen LogP) is 2.18. The highest BCUT2D eigenvalue weighted by Gasteiger charge is 2.16. The van der Waals surface area contributed by atoms with Crippen LogP contribution in [0.4, 0.5) is 4.79 Å². The van der Waals surface area contributed by atoms with Crippen LogP contribution in [-0.2, 0) is 0 Å². The van der Waals surface area contributed by atoms with Crippen LogP contribution in [0.1, 0.15) is 12.8 Å². The summed E-state index contributed by atoms with van der Waals surface area (Å²) in [5, 5.41) is 6.51. The average molecular weight is 255 g/mol. The second-order valence-corrected chi connectivity index (χ2v) is 4.40. The highest BCUT2D eigenvalue weighted by Crippen LogP contribution is 2.23. The van der Waals surface area contributed by atoms with Gasteiger partial charge in [-0.3, -0.25) is 0 Å². The third kappa shape index (κ3) is 3.61. The van der Waals surface area contributed by atoms with Crippen molar-refractivity contribution in [2.75, 3.05) is 13.1 Å². The molecule has 1 amide bonds. The standard InChI is InChI=1S/C12H15ClN2O2/c13-10-3-1-2-4-11(10)17-12(16)15-9-5-7-14-8-6-9/h1-4,9,14H,5-8H2,(H,15,16). The second-order valence-electron chi connectivity index (χ2n) is 3.99. The fraction of sp³-hybridized carbons (Fsp3) is 0.417. The topological polar surface area (TPSA) is 50.4 Å². The average Bonchev–Trinajstić information content (AvgIpc) is 2.33. The largest absolute Gasteiger partial charge is 0.412 e. The molecule has 0 aromatic heterocycles. The molecule has 2 rings (SSSR count). The summed E-state index contributed by atoms with van der Waals surface area (Å²) in [6, 6.07) is 7.11. The molecule has 0 unspecified atom stereocenters. The molecule has 0 atom stereocenters. The van der Waals surface area contributed by atoms with Gasteiger partial charge >= 0.3 is 6.09 Å². The van der Waals surface area contributed by atoms with E-state index < -0.39 is 6.09 Å². The molecule has 1 aromatic rings. The summed E-state index contributed by atoms with van der Waals surface area (Å²) in [7, 11) is 0. The smallest absolute Gasteiger partial charge is 0.409 e. The molecule has 0 radical (unpaired) electrons. The quantitative estimate of drug-likeness (QED) is 0.851. The summed E-state index contributed by atoms with van der Waals surface area (Å²) >= 11 is 5.90. The van der Waals surface area contributed by atoms with E-state index in [0.717, 1.165) is 25.9 Å². The van der Waals surface area contributed by atoms with Crippen LogP contribution in [0.3, 0.4) is 0 Å². The van der Waals surface area contributed by atoms with E-state index in [-0.39, 0.29) is 6.04 Å². The number of rotatable bonds is 2. The molecule has 0 aliphatic carbocycles. The maximum Gasteiger partial charge on any atom is 0.412 e. The van der Waals surface area contributed by atoms with Crippen LogP contribution in [0.25, 0.3) is 0 Å². The lowest BCUT2D eigenvalue weighted by molar-refractivity contribution is 0.193. The first kappa shape index (κ1) is 12.2. The molecule has 1 aromatic carbocycles. The molecule has 1 fully saturated rings. The molecule has 1 aliphatic rings. The number of hydrogen-bond acceptors (Lipinski definition) is 3. The Balaban J connectivity index is 1.86. The van der Waals surface area contributed by atoms with Gasteiger partial charge in [0.05, 0.1) is 5.02 Å². The Labute approximate surface area is 105 Å². The molecule has 92 valence electrons. The van der Waals surface area contributed by atoms with E-state index in [0.29, 0.717) is 10.8 Å². The lowest BCUT2D eigenvalue weighted by Gasteiger charge is -2.23. The molecule has 1 heterocycles. The van der Waals surface area contributed by atoms with Gasteiger partial charge in [0.1, 0.15) is 0 Å². The first-order valence-electron chi connectivity index (χ1n) is 5.69. The van der Waals surface area contributed by atoms with E-state index in [1.807, 2.05) is 0 Å². The van der Waals surface area contributed by atoms with Crippen molar-refractivity contribution < 1.29 is 9.53 Å². The zero-order valence-electron chi connectivity index (χ0n) is 9.41. The van der Waals surface area contributed by atoms with Gasteiger partial charge in [0.2, 0.25) is 0 Å². The van der Waals surface area contributed by atoms with E-state index in [1.165, 1.54) is 0 Å². The zero-order valence-corrected chi connectivity index (χ0v) is 10.2. The van der Waals surface area contributed by atoms with Gasteiger partial charge in [0, 0.05) is 6.04 Å². The highest BCUT2D eigenvalue weighted by atomic mass is 35.5. The van der Waals surface area contributed by atoms with Crippen LogP contribution < -0.4 is 15.4 Å². The zero-order chi connectivity index (χ0) is 12.1. The van der Waals surface area contributed by atoms with Crippen molar-refractivity contribution in [1.82, 2.24) is 10.6 Å². The maximum atomic E-state index is 11.6. The molecule has 0 spiro atoms. The molecule has 17 heavy (non-hydrogen) atoms. The minimum Gasteiger partial charge on any atom is -0.409 e. The number of carbonyl (C=O) groups is 1. The number of para-hydroxylation sites is 1. The van der Waals surface area contributed by atoms with Crippen molar-refractivity contribution in [3.8, 4) is 5.75 Å². The lowest BCUT2D eigenvalue weighted by atomic mass is 10.1. The molecule has 0 bridgehead atoms. The minimum absolute atomic E-state index is 0.186. The number of amides is 1. The summed E-state index contributed by atoms with van der Waals surface area (Å²) in [6.07, 6.45) is 1.42. The minimum atomic E-state index is -0.440. The van der Waals surface area contributed by atoms with Gasteiger partial charge in [-0.25, -0.2) is 4.79 Å². The van der Waals surface area contributed by atoms with Crippen LogP contribution in [-0.4, -0.2) is 25.2 Å². The Morgan fingerprint density at radius 3 is 2.76 bits per heavy atom. The molecule has 2 N–H and O–H groups in total. The summed E-state index contributed by atoms with van der Waals surface area (Å²) in [4.78, 5) is 11.6. The van der Waals surface area contributed by atoms with Crippen molar-refractivity contribution >= 4 is 17.7 Å². The van der Waals surface area contributed by atoms with Crippen molar-refractivity contribution in [3.63, 3.8) is 0 Å². The van der Waals surface area contributed by atoms with Crippen LogP contribution in [0.15, 0.2) is 24.3 Å². The third-order valence-corrected chi connectivity index (χ3v) is 3.01. The number of carbonyl (C=O) groups excluding carboxylic acids is 1. The molecule has 1 saturated heterocycles.